The van der Waals surface area contributed by atoms with Crippen LogP contribution in [0.15, 0.2) is 18.2 Å². The predicted octanol–water partition coefficient (Wildman–Crippen LogP) is 2.50. The van der Waals surface area contributed by atoms with Crippen molar-refractivity contribution in [2.75, 3.05) is 13.7 Å². The molecule has 2 unspecified atom stereocenters. The Labute approximate surface area is 89.4 Å². The van der Waals surface area contributed by atoms with E-state index in [1.54, 1.807) is 12.1 Å². The molecule has 1 saturated heterocycles. The van der Waals surface area contributed by atoms with Crippen LogP contribution in [0, 0.1) is 11.7 Å². The molecule has 2 nitrogen and oxygen atoms in total. The Morgan fingerprint density at radius 2 is 2.27 bits per heavy atom. The molecule has 0 bridgehead atoms. The minimum Gasteiger partial charge on any atom is -0.494 e. The maximum absolute atomic E-state index is 13.5. The number of hydrogen-bond donors (Lipinski definition) is 1. The molecule has 2 rings (SSSR count). The highest BCUT2D eigenvalue weighted by molar-refractivity contribution is 5.31. The van der Waals surface area contributed by atoms with Gasteiger partial charge in [0.15, 0.2) is 11.6 Å². The van der Waals surface area contributed by atoms with E-state index in [1.165, 1.54) is 7.11 Å². The normalized spacial score (nSPS) is 25.5. The summed E-state index contributed by atoms with van der Waals surface area (Å²) in [5, 5.41) is 3.38. The third kappa shape index (κ3) is 1.97. The van der Waals surface area contributed by atoms with Gasteiger partial charge in [0.2, 0.25) is 0 Å². The summed E-state index contributed by atoms with van der Waals surface area (Å²) in [6.07, 6.45) is 1.15. The summed E-state index contributed by atoms with van der Waals surface area (Å²) in [5.74, 6) is 0.595. The van der Waals surface area contributed by atoms with Crippen molar-refractivity contribution in [2.24, 2.45) is 5.92 Å². The van der Waals surface area contributed by atoms with Crippen LogP contribution in [0.3, 0.4) is 0 Å². The van der Waals surface area contributed by atoms with Crippen molar-refractivity contribution in [1.82, 2.24) is 5.32 Å². The first-order valence-electron chi connectivity index (χ1n) is 5.29. The Bertz CT molecular complexity index is 353. The second-order valence-corrected chi connectivity index (χ2v) is 4.09. The van der Waals surface area contributed by atoms with E-state index in [0.29, 0.717) is 11.7 Å². The van der Waals surface area contributed by atoms with Crippen LogP contribution in [0.5, 0.6) is 5.75 Å². The molecule has 1 aliphatic heterocycles. The molecule has 1 aromatic rings. The molecular weight excluding hydrogens is 193 g/mol. The van der Waals surface area contributed by atoms with Crippen molar-refractivity contribution < 1.29 is 9.13 Å². The van der Waals surface area contributed by atoms with E-state index in [0.717, 1.165) is 18.5 Å². The van der Waals surface area contributed by atoms with Crippen molar-refractivity contribution in [3.05, 3.63) is 29.6 Å². The number of methoxy groups -OCH3 is 1. The molecule has 15 heavy (non-hydrogen) atoms. The van der Waals surface area contributed by atoms with Gasteiger partial charge in [-0.05, 0) is 36.6 Å². The van der Waals surface area contributed by atoms with Gasteiger partial charge in [0.05, 0.1) is 7.11 Å². The Balaban J connectivity index is 2.25. The Kier molecular flexibility index (Phi) is 2.91. The zero-order valence-electron chi connectivity index (χ0n) is 9.09. The average Bonchev–Trinajstić information content (AvgIpc) is 2.64. The van der Waals surface area contributed by atoms with Crippen molar-refractivity contribution in [3.8, 4) is 5.75 Å². The maximum Gasteiger partial charge on any atom is 0.165 e. The fourth-order valence-electron chi connectivity index (χ4n) is 2.16. The number of ether oxygens (including phenoxy) is 1. The van der Waals surface area contributed by atoms with Gasteiger partial charge in [0.25, 0.3) is 0 Å². The van der Waals surface area contributed by atoms with Crippen molar-refractivity contribution >= 4 is 0 Å². The number of nitrogens with one attached hydrogen (secondary N) is 1. The Morgan fingerprint density at radius 1 is 1.47 bits per heavy atom. The summed E-state index contributed by atoms with van der Waals surface area (Å²) >= 11 is 0. The lowest BCUT2D eigenvalue weighted by atomic mass is 9.96. The molecule has 2 atom stereocenters. The maximum atomic E-state index is 13.5. The third-order valence-electron chi connectivity index (χ3n) is 3.07. The zero-order chi connectivity index (χ0) is 10.8. The summed E-state index contributed by atoms with van der Waals surface area (Å²) in [5.41, 5.74) is 1.01. The van der Waals surface area contributed by atoms with Gasteiger partial charge in [-0.1, -0.05) is 13.0 Å². The second kappa shape index (κ2) is 4.19. The molecule has 1 N–H and O–H groups in total. The topological polar surface area (TPSA) is 21.3 Å². The van der Waals surface area contributed by atoms with E-state index >= 15 is 0 Å². The quantitative estimate of drug-likeness (QED) is 0.808. The fourth-order valence-corrected chi connectivity index (χ4v) is 2.16. The van der Waals surface area contributed by atoms with Crippen LogP contribution in [0.2, 0.25) is 0 Å². The first-order chi connectivity index (χ1) is 7.22. The van der Waals surface area contributed by atoms with Crippen molar-refractivity contribution in [3.63, 3.8) is 0 Å². The standard InChI is InChI=1S/C12H16FNO/c1-8-5-6-14-12(8)9-3-4-11(15-2)10(13)7-9/h3-4,7-8,12,14H,5-6H2,1-2H3. The lowest BCUT2D eigenvalue weighted by Gasteiger charge is -2.16. The van der Waals surface area contributed by atoms with Crippen LogP contribution in [0.25, 0.3) is 0 Å². The van der Waals surface area contributed by atoms with Gasteiger partial charge < -0.3 is 10.1 Å². The zero-order valence-corrected chi connectivity index (χ0v) is 9.09. The Morgan fingerprint density at radius 3 is 2.80 bits per heavy atom. The number of halogens is 1. The molecule has 1 aliphatic rings. The molecule has 0 spiro atoms. The molecular formula is C12H16FNO. The molecule has 82 valence electrons. The van der Waals surface area contributed by atoms with Crippen LogP contribution < -0.4 is 10.1 Å². The van der Waals surface area contributed by atoms with Gasteiger partial charge in [-0.25, -0.2) is 4.39 Å². The number of hydrogen-bond acceptors (Lipinski definition) is 2. The van der Waals surface area contributed by atoms with E-state index in [4.69, 9.17) is 4.74 Å². The SMILES string of the molecule is COc1ccc(C2NCCC2C)cc1F. The number of benzene rings is 1. The van der Waals surface area contributed by atoms with Crippen molar-refractivity contribution in [2.45, 2.75) is 19.4 Å². The van der Waals surface area contributed by atoms with Crippen LogP contribution in [-0.4, -0.2) is 13.7 Å². The summed E-state index contributed by atoms with van der Waals surface area (Å²) in [6, 6.07) is 5.47. The van der Waals surface area contributed by atoms with E-state index in [2.05, 4.69) is 12.2 Å². The molecule has 1 fully saturated rings. The molecule has 0 aromatic heterocycles. The van der Waals surface area contributed by atoms with E-state index in [9.17, 15) is 4.39 Å². The summed E-state index contributed by atoms with van der Waals surface area (Å²) in [7, 11) is 1.48. The fraction of sp³-hybridized carbons (Fsp3) is 0.500. The summed E-state index contributed by atoms with van der Waals surface area (Å²) in [6.45, 7) is 3.20. The molecule has 0 amide bonds. The van der Waals surface area contributed by atoms with E-state index in [1.807, 2.05) is 6.07 Å². The Hall–Kier alpha value is -1.09. The highest BCUT2D eigenvalue weighted by atomic mass is 19.1. The van der Waals surface area contributed by atoms with Gasteiger partial charge in [-0.3, -0.25) is 0 Å². The first kappa shape index (κ1) is 10.4. The molecule has 1 aromatic carbocycles. The van der Waals surface area contributed by atoms with Crippen LogP contribution in [0.4, 0.5) is 4.39 Å². The van der Waals surface area contributed by atoms with Crippen LogP contribution in [0.1, 0.15) is 24.9 Å². The van der Waals surface area contributed by atoms with Gasteiger partial charge in [-0.15, -0.1) is 0 Å². The lowest BCUT2D eigenvalue weighted by molar-refractivity contribution is 0.385. The highest BCUT2D eigenvalue weighted by Crippen LogP contribution is 2.31. The van der Waals surface area contributed by atoms with Crippen LogP contribution >= 0.6 is 0 Å². The minimum absolute atomic E-state index is 0.282. The number of rotatable bonds is 2. The monoisotopic (exact) mass is 209 g/mol. The molecule has 0 radical (unpaired) electrons. The lowest BCUT2D eigenvalue weighted by Crippen LogP contribution is -2.16. The third-order valence-corrected chi connectivity index (χ3v) is 3.07. The molecule has 0 saturated carbocycles. The summed E-state index contributed by atoms with van der Waals surface area (Å²) < 4.78 is 18.4. The van der Waals surface area contributed by atoms with Crippen LogP contribution in [-0.2, 0) is 0 Å². The van der Waals surface area contributed by atoms with Crippen molar-refractivity contribution in [1.29, 1.82) is 0 Å². The molecule has 3 heteroatoms. The summed E-state index contributed by atoms with van der Waals surface area (Å²) in [4.78, 5) is 0. The molecule has 0 aliphatic carbocycles. The van der Waals surface area contributed by atoms with Gasteiger partial charge in [0.1, 0.15) is 0 Å². The second-order valence-electron chi connectivity index (χ2n) is 4.09. The van der Waals surface area contributed by atoms with Gasteiger partial charge in [-0.2, -0.15) is 0 Å². The highest BCUT2D eigenvalue weighted by Gasteiger charge is 2.24. The average molecular weight is 209 g/mol. The van der Waals surface area contributed by atoms with Gasteiger partial charge >= 0.3 is 0 Å². The minimum atomic E-state index is -0.282. The van der Waals surface area contributed by atoms with E-state index in [-0.39, 0.29) is 11.9 Å². The first-order valence-corrected chi connectivity index (χ1v) is 5.29. The largest absolute Gasteiger partial charge is 0.494 e. The van der Waals surface area contributed by atoms with Gasteiger partial charge in [0, 0.05) is 6.04 Å². The molecule has 1 heterocycles. The van der Waals surface area contributed by atoms with E-state index < -0.39 is 0 Å². The predicted molar refractivity (Wildman–Crippen MR) is 57.5 cm³/mol. The smallest absolute Gasteiger partial charge is 0.165 e.